The molecule has 0 bridgehead atoms. The summed E-state index contributed by atoms with van der Waals surface area (Å²) in [5.74, 6) is -1.71. The molecule has 1 aromatic carbocycles. The van der Waals surface area contributed by atoms with Crippen molar-refractivity contribution in [3.63, 3.8) is 0 Å². The third-order valence-corrected chi connectivity index (χ3v) is 4.33. The van der Waals surface area contributed by atoms with Crippen LogP contribution >= 0.6 is 0 Å². The highest BCUT2D eigenvalue weighted by Crippen LogP contribution is 2.07. The summed E-state index contributed by atoms with van der Waals surface area (Å²) < 4.78 is 31.0. The molecule has 0 aliphatic heterocycles. The van der Waals surface area contributed by atoms with Crippen LogP contribution in [0.15, 0.2) is 48.7 Å². The SMILES string of the molecule is CCCOC(=O)c1ccc(C(=O)NS(=O)(=O)Cc2ccccc2)cn1. The Bertz CT molecular complexity index is 833. The summed E-state index contributed by atoms with van der Waals surface area (Å²) in [6.07, 6.45) is 1.82. The van der Waals surface area contributed by atoms with Gasteiger partial charge in [-0.1, -0.05) is 37.3 Å². The van der Waals surface area contributed by atoms with E-state index in [1.165, 1.54) is 12.1 Å². The average molecular weight is 362 g/mol. The van der Waals surface area contributed by atoms with Gasteiger partial charge in [0, 0.05) is 6.20 Å². The highest BCUT2D eigenvalue weighted by molar-refractivity contribution is 7.89. The molecule has 2 aromatic rings. The number of carbonyl (C=O) groups excluding carboxylic acids is 2. The van der Waals surface area contributed by atoms with Crippen molar-refractivity contribution < 1.29 is 22.7 Å². The maximum Gasteiger partial charge on any atom is 0.356 e. The second kappa shape index (κ2) is 8.39. The molecule has 1 N–H and O–H groups in total. The molecule has 0 saturated heterocycles. The summed E-state index contributed by atoms with van der Waals surface area (Å²) >= 11 is 0. The lowest BCUT2D eigenvalue weighted by atomic mass is 10.2. The summed E-state index contributed by atoms with van der Waals surface area (Å²) in [7, 11) is -3.84. The normalized spacial score (nSPS) is 10.9. The molecule has 1 aromatic heterocycles. The Labute approximate surface area is 146 Å². The van der Waals surface area contributed by atoms with Crippen molar-refractivity contribution in [2.24, 2.45) is 0 Å². The third kappa shape index (κ3) is 5.68. The highest BCUT2D eigenvalue weighted by atomic mass is 32.2. The lowest BCUT2D eigenvalue weighted by molar-refractivity contribution is 0.0497. The van der Waals surface area contributed by atoms with Gasteiger partial charge in [0.1, 0.15) is 5.69 Å². The minimum Gasteiger partial charge on any atom is -0.461 e. The van der Waals surface area contributed by atoms with Gasteiger partial charge in [0.2, 0.25) is 10.0 Å². The molecule has 0 spiro atoms. The van der Waals surface area contributed by atoms with Gasteiger partial charge in [0.25, 0.3) is 5.91 Å². The first-order valence-corrected chi connectivity index (χ1v) is 9.28. The monoisotopic (exact) mass is 362 g/mol. The van der Waals surface area contributed by atoms with Gasteiger partial charge in [-0.05, 0) is 24.1 Å². The minimum absolute atomic E-state index is 0.0312. The van der Waals surface area contributed by atoms with E-state index in [1.54, 1.807) is 30.3 Å². The molecule has 0 aliphatic carbocycles. The first kappa shape index (κ1) is 18.6. The number of ether oxygens (including phenoxy) is 1. The molecule has 25 heavy (non-hydrogen) atoms. The average Bonchev–Trinajstić information content (AvgIpc) is 2.59. The lowest BCUT2D eigenvalue weighted by Crippen LogP contribution is -2.31. The van der Waals surface area contributed by atoms with Gasteiger partial charge in [-0.2, -0.15) is 0 Å². The van der Waals surface area contributed by atoms with E-state index >= 15 is 0 Å². The number of nitrogens with one attached hydrogen (secondary N) is 1. The number of hydrogen-bond donors (Lipinski definition) is 1. The number of benzene rings is 1. The number of hydrogen-bond acceptors (Lipinski definition) is 6. The maximum atomic E-state index is 12.1. The zero-order valence-corrected chi connectivity index (χ0v) is 14.5. The molecule has 0 saturated carbocycles. The Morgan fingerprint density at radius 1 is 1.12 bits per heavy atom. The zero-order valence-electron chi connectivity index (χ0n) is 13.6. The summed E-state index contributed by atoms with van der Waals surface area (Å²) in [5, 5.41) is 0. The van der Waals surface area contributed by atoms with E-state index in [1.807, 2.05) is 11.6 Å². The fourth-order valence-corrected chi connectivity index (χ4v) is 3.05. The summed E-state index contributed by atoms with van der Waals surface area (Å²) in [6, 6.07) is 11.1. The Hall–Kier alpha value is -2.74. The molecule has 7 nitrogen and oxygen atoms in total. The van der Waals surface area contributed by atoms with Gasteiger partial charge < -0.3 is 4.74 Å². The van der Waals surface area contributed by atoms with Crippen LogP contribution in [0.25, 0.3) is 0 Å². The molecule has 0 aliphatic rings. The molecule has 2 rings (SSSR count). The Morgan fingerprint density at radius 3 is 2.44 bits per heavy atom. The summed E-state index contributed by atoms with van der Waals surface area (Å²) in [4.78, 5) is 27.5. The van der Waals surface area contributed by atoms with E-state index in [9.17, 15) is 18.0 Å². The van der Waals surface area contributed by atoms with Gasteiger partial charge in [0.15, 0.2) is 0 Å². The van der Waals surface area contributed by atoms with Crippen molar-refractivity contribution in [2.75, 3.05) is 6.61 Å². The topological polar surface area (TPSA) is 102 Å². The van der Waals surface area contributed by atoms with Crippen LogP contribution in [0.5, 0.6) is 0 Å². The number of amides is 1. The number of aromatic nitrogens is 1. The number of carbonyl (C=O) groups is 2. The largest absolute Gasteiger partial charge is 0.461 e. The molecule has 8 heteroatoms. The molecule has 1 amide bonds. The van der Waals surface area contributed by atoms with Crippen LogP contribution in [-0.2, 0) is 20.5 Å². The molecular formula is C17H18N2O5S. The van der Waals surface area contributed by atoms with Crippen LogP contribution in [0.1, 0.15) is 39.8 Å². The standard InChI is InChI=1S/C17H18N2O5S/c1-2-10-24-17(21)15-9-8-14(11-18-15)16(20)19-25(22,23)12-13-6-4-3-5-7-13/h3-9,11H,2,10,12H2,1H3,(H,19,20). The summed E-state index contributed by atoms with van der Waals surface area (Å²) in [6.45, 7) is 2.14. The predicted molar refractivity (Wildman–Crippen MR) is 91.3 cm³/mol. The molecule has 0 radical (unpaired) electrons. The minimum atomic E-state index is -3.84. The quantitative estimate of drug-likeness (QED) is 0.755. The number of rotatable bonds is 7. The second-order valence-electron chi connectivity index (χ2n) is 5.24. The van der Waals surface area contributed by atoms with Crippen LogP contribution in [0.2, 0.25) is 0 Å². The fourth-order valence-electron chi connectivity index (χ4n) is 1.95. The van der Waals surface area contributed by atoms with Crippen molar-refractivity contribution in [1.29, 1.82) is 0 Å². The fraction of sp³-hybridized carbons (Fsp3) is 0.235. The smallest absolute Gasteiger partial charge is 0.356 e. The lowest BCUT2D eigenvalue weighted by Gasteiger charge is -2.07. The number of sulfonamides is 1. The molecule has 0 fully saturated rings. The molecule has 0 unspecified atom stereocenters. The van der Waals surface area contributed by atoms with Crippen LogP contribution in [-0.4, -0.2) is 31.9 Å². The van der Waals surface area contributed by atoms with Gasteiger partial charge in [0.05, 0.1) is 17.9 Å². The third-order valence-electron chi connectivity index (χ3n) is 3.12. The number of nitrogens with zero attached hydrogens (tertiary/aromatic N) is 1. The Kier molecular flexibility index (Phi) is 6.24. The zero-order chi connectivity index (χ0) is 18.3. The number of esters is 1. The van der Waals surface area contributed by atoms with Gasteiger partial charge in [-0.3, -0.25) is 4.79 Å². The van der Waals surface area contributed by atoms with Crippen molar-refractivity contribution in [3.05, 3.63) is 65.5 Å². The van der Waals surface area contributed by atoms with Gasteiger partial charge in [-0.25, -0.2) is 22.9 Å². The van der Waals surface area contributed by atoms with Crippen LogP contribution in [0.4, 0.5) is 0 Å². The van der Waals surface area contributed by atoms with Crippen molar-refractivity contribution >= 4 is 21.9 Å². The Balaban J connectivity index is 2.01. The van der Waals surface area contributed by atoms with Crippen molar-refractivity contribution in [3.8, 4) is 0 Å². The first-order valence-electron chi connectivity index (χ1n) is 7.63. The predicted octanol–water partition coefficient (Wildman–Crippen LogP) is 1.91. The van der Waals surface area contributed by atoms with E-state index in [0.29, 0.717) is 12.0 Å². The van der Waals surface area contributed by atoms with Crippen LogP contribution in [0, 0.1) is 0 Å². The van der Waals surface area contributed by atoms with Crippen molar-refractivity contribution in [1.82, 2.24) is 9.71 Å². The second-order valence-corrected chi connectivity index (χ2v) is 6.97. The first-order chi connectivity index (χ1) is 11.9. The summed E-state index contributed by atoms with van der Waals surface area (Å²) in [5.41, 5.74) is 0.649. The number of pyridine rings is 1. The Morgan fingerprint density at radius 2 is 1.84 bits per heavy atom. The van der Waals surface area contributed by atoms with Crippen LogP contribution in [0.3, 0.4) is 0 Å². The molecular weight excluding hydrogens is 344 g/mol. The van der Waals surface area contributed by atoms with E-state index in [2.05, 4.69) is 4.98 Å². The van der Waals surface area contributed by atoms with E-state index in [0.717, 1.165) is 6.20 Å². The van der Waals surface area contributed by atoms with Gasteiger partial charge >= 0.3 is 5.97 Å². The van der Waals surface area contributed by atoms with E-state index in [4.69, 9.17) is 4.74 Å². The van der Waals surface area contributed by atoms with Crippen LogP contribution < -0.4 is 4.72 Å². The van der Waals surface area contributed by atoms with E-state index < -0.39 is 21.9 Å². The molecule has 132 valence electrons. The molecule has 1 heterocycles. The highest BCUT2D eigenvalue weighted by Gasteiger charge is 2.18. The maximum absolute atomic E-state index is 12.1. The van der Waals surface area contributed by atoms with Gasteiger partial charge in [-0.15, -0.1) is 0 Å². The molecule has 0 atom stereocenters. The van der Waals surface area contributed by atoms with Crippen molar-refractivity contribution in [2.45, 2.75) is 19.1 Å². The van der Waals surface area contributed by atoms with E-state index in [-0.39, 0.29) is 23.6 Å².